The summed E-state index contributed by atoms with van der Waals surface area (Å²) in [4.78, 5) is 26.9. The minimum atomic E-state index is -0.180. The van der Waals surface area contributed by atoms with E-state index in [1.165, 1.54) is 16.7 Å². The van der Waals surface area contributed by atoms with E-state index >= 15 is 0 Å². The molecule has 1 fully saturated rings. The van der Waals surface area contributed by atoms with E-state index in [1.54, 1.807) is 24.3 Å². The van der Waals surface area contributed by atoms with Crippen LogP contribution in [0.15, 0.2) is 57.9 Å². The van der Waals surface area contributed by atoms with Gasteiger partial charge in [-0.05, 0) is 55.0 Å². The molecule has 8 heteroatoms. The van der Waals surface area contributed by atoms with Gasteiger partial charge in [0.25, 0.3) is 5.91 Å². The molecule has 5 nitrogen and oxygen atoms in total. The molecular formula is C21H19BrN2O3S2. The van der Waals surface area contributed by atoms with Gasteiger partial charge in [-0.2, -0.15) is 0 Å². The fourth-order valence-electron chi connectivity index (χ4n) is 2.64. The fourth-order valence-corrected chi connectivity index (χ4v) is 4.21. The lowest BCUT2D eigenvalue weighted by molar-refractivity contribution is -0.122. The van der Waals surface area contributed by atoms with Crippen molar-refractivity contribution < 1.29 is 14.3 Å². The summed E-state index contributed by atoms with van der Waals surface area (Å²) in [7, 11) is 0. The van der Waals surface area contributed by atoms with E-state index in [0.29, 0.717) is 21.5 Å². The molecule has 1 aliphatic heterocycles. The van der Waals surface area contributed by atoms with E-state index in [2.05, 4.69) is 21.2 Å². The van der Waals surface area contributed by atoms with E-state index < -0.39 is 0 Å². The maximum atomic E-state index is 12.7. The number of hydrogen-bond donors (Lipinski definition) is 1. The van der Waals surface area contributed by atoms with Gasteiger partial charge in [-0.3, -0.25) is 14.5 Å². The van der Waals surface area contributed by atoms with Crippen LogP contribution in [-0.4, -0.2) is 34.2 Å². The molecule has 150 valence electrons. The van der Waals surface area contributed by atoms with E-state index in [0.717, 1.165) is 15.8 Å². The molecule has 0 bridgehead atoms. The molecule has 0 spiro atoms. The highest BCUT2D eigenvalue weighted by atomic mass is 79.9. The standard InChI is InChI=1S/C21H19BrN2O3S2/c1-2-27-17-9-7-16(8-10-17)23-19(25)11-12-24-20(26)18(29-21(24)28)13-14-3-5-15(22)6-4-14/h3-10,13H,2,11-12H2,1H3,(H,23,25)/b18-13-. The number of ether oxygens (including phenoxy) is 1. The van der Waals surface area contributed by atoms with Gasteiger partial charge in [-0.25, -0.2) is 0 Å². The van der Waals surface area contributed by atoms with E-state index in [9.17, 15) is 9.59 Å². The third kappa shape index (κ3) is 5.91. The number of nitrogens with zero attached hydrogens (tertiary/aromatic N) is 1. The van der Waals surface area contributed by atoms with Crippen molar-refractivity contribution in [1.29, 1.82) is 0 Å². The predicted octanol–water partition coefficient (Wildman–Crippen LogP) is 5.08. The minimum Gasteiger partial charge on any atom is -0.494 e. The SMILES string of the molecule is CCOc1ccc(NC(=O)CCN2C(=O)/C(=C/c3ccc(Br)cc3)SC2=S)cc1. The summed E-state index contributed by atoms with van der Waals surface area (Å²) >= 11 is 9.97. The Kier molecular flexibility index (Phi) is 7.46. The Morgan fingerprint density at radius 3 is 2.55 bits per heavy atom. The second kappa shape index (κ2) is 10.0. The third-order valence-corrected chi connectivity index (χ3v) is 5.96. The second-order valence-corrected chi connectivity index (χ2v) is 8.73. The molecule has 29 heavy (non-hydrogen) atoms. The number of nitrogens with one attached hydrogen (secondary N) is 1. The van der Waals surface area contributed by atoms with Crippen LogP contribution in [0.2, 0.25) is 0 Å². The van der Waals surface area contributed by atoms with Crippen molar-refractivity contribution in [1.82, 2.24) is 4.90 Å². The van der Waals surface area contributed by atoms with Gasteiger partial charge in [-0.15, -0.1) is 0 Å². The number of thioether (sulfide) groups is 1. The van der Waals surface area contributed by atoms with Gasteiger partial charge in [0, 0.05) is 23.1 Å². The highest BCUT2D eigenvalue weighted by Crippen LogP contribution is 2.32. The van der Waals surface area contributed by atoms with Crippen LogP contribution in [0.1, 0.15) is 18.9 Å². The number of rotatable bonds is 7. The summed E-state index contributed by atoms with van der Waals surface area (Å²) in [5, 5.41) is 2.82. The highest BCUT2D eigenvalue weighted by Gasteiger charge is 2.32. The number of hydrogen-bond acceptors (Lipinski definition) is 5. The molecule has 2 amide bonds. The van der Waals surface area contributed by atoms with Crippen molar-refractivity contribution in [2.45, 2.75) is 13.3 Å². The molecule has 2 aromatic rings. The molecule has 2 aromatic carbocycles. The molecule has 0 aromatic heterocycles. The van der Waals surface area contributed by atoms with Gasteiger partial charge < -0.3 is 10.1 Å². The minimum absolute atomic E-state index is 0.158. The number of carbonyl (C=O) groups excluding carboxylic acids is 2. The van der Waals surface area contributed by atoms with Crippen LogP contribution >= 0.6 is 39.9 Å². The molecule has 0 unspecified atom stereocenters. The lowest BCUT2D eigenvalue weighted by atomic mass is 10.2. The molecule has 0 saturated carbocycles. The molecule has 1 heterocycles. The van der Waals surface area contributed by atoms with Crippen LogP contribution < -0.4 is 10.1 Å². The summed E-state index contributed by atoms with van der Waals surface area (Å²) in [6.07, 6.45) is 1.97. The van der Waals surface area contributed by atoms with Crippen molar-refractivity contribution in [3.63, 3.8) is 0 Å². The molecule has 1 N–H and O–H groups in total. The van der Waals surface area contributed by atoms with Gasteiger partial charge in [0.1, 0.15) is 10.1 Å². The smallest absolute Gasteiger partial charge is 0.266 e. The summed E-state index contributed by atoms with van der Waals surface area (Å²) in [5.41, 5.74) is 1.60. The van der Waals surface area contributed by atoms with Crippen LogP contribution in [0.25, 0.3) is 6.08 Å². The van der Waals surface area contributed by atoms with Crippen molar-refractivity contribution in [2.75, 3.05) is 18.5 Å². The number of carbonyl (C=O) groups is 2. The topological polar surface area (TPSA) is 58.6 Å². The van der Waals surface area contributed by atoms with E-state index in [4.69, 9.17) is 17.0 Å². The molecule has 3 rings (SSSR count). The summed E-state index contributed by atoms with van der Waals surface area (Å²) < 4.78 is 6.82. The quantitative estimate of drug-likeness (QED) is 0.433. The van der Waals surface area contributed by atoms with Gasteiger partial charge in [-0.1, -0.05) is 52.0 Å². The van der Waals surface area contributed by atoms with Gasteiger partial charge in [0.05, 0.1) is 11.5 Å². The molecule has 1 saturated heterocycles. The molecule has 1 aliphatic rings. The summed E-state index contributed by atoms with van der Waals surface area (Å²) in [5.74, 6) is 0.400. The van der Waals surface area contributed by atoms with Crippen LogP contribution in [0.5, 0.6) is 5.75 Å². The first-order chi connectivity index (χ1) is 14.0. The van der Waals surface area contributed by atoms with Crippen LogP contribution in [0.4, 0.5) is 5.69 Å². The van der Waals surface area contributed by atoms with Gasteiger partial charge in [0.2, 0.25) is 5.91 Å². The largest absolute Gasteiger partial charge is 0.494 e. The zero-order chi connectivity index (χ0) is 20.8. The van der Waals surface area contributed by atoms with Gasteiger partial charge >= 0.3 is 0 Å². The van der Waals surface area contributed by atoms with Crippen LogP contribution in [0.3, 0.4) is 0 Å². The maximum Gasteiger partial charge on any atom is 0.266 e. The second-order valence-electron chi connectivity index (χ2n) is 6.14. The average Bonchev–Trinajstić information content (AvgIpc) is 2.96. The van der Waals surface area contributed by atoms with Crippen molar-refractivity contribution in [2.24, 2.45) is 0 Å². The van der Waals surface area contributed by atoms with Crippen LogP contribution in [0, 0.1) is 0 Å². The predicted molar refractivity (Wildman–Crippen MR) is 125 cm³/mol. The molecule has 0 radical (unpaired) electrons. The lowest BCUT2D eigenvalue weighted by Gasteiger charge is -2.14. The summed E-state index contributed by atoms with van der Waals surface area (Å²) in [6, 6.07) is 14.8. The number of amides is 2. The zero-order valence-electron chi connectivity index (χ0n) is 15.7. The fraction of sp³-hybridized carbons (Fsp3) is 0.190. The molecular weight excluding hydrogens is 472 g/mol. The number of anilines is 1. The Bertz CT molecular complexity index is 943. The average molecular weight is 491 g/mol. The normalized spacial score (nSPS) is 15.1. The van der Waals surface area contributed by atoms with Crippen molar-refractivity contribution in [3.8, 4) is 5.75 Å². The van der Waals surface area contributed by atoms with Gasteiger partial charge in [0.15, 0.2) is 0 Å². The van der Waals surface area contributed by atoms with E-state index in [-0.39, 0.29) is 24.8 Å². The Labute approximate surface area is 187 Å². The molecule has 0 atom stereocenters. The van der Waals surface area contributed by atoms with Crippen molar-refractivity contribution >= 4 is 67.8 Å². The van der Waals surface area contributed by atoms with E-state index in [1.807, 2.05) is 37.3 Å². The highest BCUT2D eigenvalue weighted by molar-refractivity contribution is 9.10. The Morgan fingerprint density at radius 2 is 1.90 bits per heavy atom. The first kappa shape index (κ1) is 21.5. The number of benzene rings is 2. The lowest BCUT2D eigenvalue weighted by Crippen LogP contribution is -2.31. The Morgan fingerprint density at radius 1 is 1.21 bits per heavy atom. The monoisotopic (exact) mass is 490 g/mol. The molecule has 0 aliphatic carbocycles. The number of halogens is 1. The Balaban J connectivity index is 1.55. The van der Waals surface area contributed by atoms with Crippen LogP contribution in [-0.2, 0) is 9.59 Å². The number of thiocarbonyl (C=S) groups is 1. The summed E-state index contributed by atoms with van der Waals surface area (Å²) in [6.45, 7) is 2.74. The first-order valence-corrected chi connectivity index (χ1v) is 11.0. The third-order valence-electron chi connectivity index (χ3n) is 4.05. The maximum absolute atomic E-state index is 12.7. The first-order valence-electron chi connectivity index (χ1n) is 9.00. The Hall–Kier alpha value is -2.16. The van der Waals surface area contributed by atoms with Crippen molar-refractivity contribution in [3.05, 3.63) is 63.5 Å². The zero-order valence-corrected chi connectivity index (χ0v) is 18.9.